The lowest BCUT2D eigenvalue weighted by Crippen LogP contribution is -2.36. The molecule has 0 radical (unpaired) electrons. The van der Waals surface area contributed by atoms with Crippen LogP contribution in [-0.2, 0) is 54.1 Å². The van der Waals surface area contributed by atoms with Crippen molar-refractivity contribution in [3.05, 3.63) is 42.6 Å². The smallest absolute Gasteiger partial charge is 0.374 e. The summed E-state index contributed by atoms with van der Waals surface area (Å²) < 4.78 is 32.9. The quantitative estimate of drug-likeness (QED) is 0.413. The third-order valence-corrected chi connectivity index (χ3v) is 10.00. The molecule has 3 aromatic rings. The highest BCUT2D eigenvalue weighted by Gasteiger charge is 2.43. The van der Waals surface area contributed by atoms with Gasteiger partial charge in [-0.2, -0.15) is 0 Å². The Kier molecular flexibility index (Phi) is 8.11. The van der Waals surface area contributed by atoms with Crippen LogP contribution in [0.5, 0.6) is 0 Å². The molecule has 2 aliphatic carbocycles. The Bertz CT molecular complexity index is 1560. The zero-order valence-corrected chi connectivity index (χ0v) is 25.1. The van der Waals surface area contributed by atoms with Gasteiger partial charge in [-0.15, -0.1) is 22.7 Å². The van der Waals surface area contributed by atoms with Crippen LogP contribution in [0.3, 0.4) is 0 Å². The van der Waals surface area contributed by atoms with Crippen LogP contribution in [0, 0.1) is 0 Å². The Morgan fingerprint density at radius 3 is 2.02 bits per heavy atom. The Labute approximate surface area is 249 Å². The first-order chi connectivity index (χ1) is 20.3. The van der Waals surface area contributed by atoms with Gasteiger partial charge in [0.05, 0.1) is 50.6 Å². The fourth-order valence-corrected chi connectivity index (χ4v) is 8.47. The van der Waals surface area contributed by atoms with Crippen LogP contribution in [0.2, 0.25) is 0 Å². The molecule has 5 heterocycles. The molecule has 7 rings (SSSR count). The van der Waals surface area contributed by atoms with Crippen LogP contribution < -0.4 is 11.3 Å². The van der Waals surface area contributed by atoms with Gasteiger partial charge < -0.3 is 39.1 Å². The van der Waals surface area contributed by atoms with Crippen LogP contribution >= 0.6 is 22.7 Å². The van der Waals surface area contributed by atoms with Crippen molar-refractivity contribution in [2.75, 3.05) is 45.4 Å². The van der Waals surface area contributed by atoms with E-state index in [0.29, 0.717) is 73.1 Å². The SMILES string of the molecule is CCOC(=O)c1c(N)sc2c1CCC1(C2)OCCO1.CCOC(=O)c1nc2sc3c(c2c(=O)[nH]1)CCC1(C3)OCCO1. The van der Waals surface area contributed by atoms with Gasteiger partial charge in [-0.1, -0.05) is 0 Å². The largest absolute Gasteiger partial charge is 0.462 e. The van der Waals surface area contributed by atoms with Gasteiger partial charge in [0.25, 0.3) is 5.56 Å². The van der Waals surface area contributed by atoms with Gasteiger partial charge in [0.15, 0.2) is 11.6 Å². The van der Waals surface area contributed by atoms with Crippen LogP contribution in [-0.4, -0.2) is 73.1 Å². The highest BCUT2D eigenvalue weighted by atomic mass is 32.1. The summed E-state index contributed by atoms with van der Waals surface area (Å²) in [5.41, 5.74) is 8.25. The summed E-state index contributed by atoms with van der Waals surface area (Å²) >= 11 is 2.87. The maximum absolute atomic E-state index is 12.4. The number of nitrogen functional groups attached to an aromatic ring is 1. The van der Waals surface area contributed by atoms with E-state index in [-0.39, 0.29) is 24.0 Å². The van der Waals surface area contributed by atoms with Crippen molar-refractivity contribution in [2.45, 2.75) is 63.9 Å². The molecule has 0 atom stereocenters. The Morgan fingerprint density at radius 1 is 0.881 bits per heavy atom. The molecule has 2 saturated heterocycles. The second-order valence-corrected chi connectivity index (χ2v) is 12.6. The summed E-state index contributed by atoms with van der Waals surface area (Å²) in [5.74, 6) is -2.02. The van der Waals surface area contributed by atoms with Gasteiger partial charge in [-0.05, 0) is 37.8 Å². The van der Waals surface area contributed by atoms with Crippen LogP contribution in [0.25, 0.3) is 10.2 Å². The molecule has 12 nitrogen and oxygen atoms in total. The number of nitrogens with two attached hydrogens (primary N) is 1. The van der Waals surface area contributed by atoms with Crippen LogP contribution in [0.15, 0.2) is 4.79 Å². The highest BCUT2D eigenvalue weighted by Crippen LogP contribution is 2.43. The van der Waals surface area contributed by atoms with Crippen LogP contribution in [0.1, 0.15) is 68.5 Å². The van der Waals surface area contributed by atoms with Gasteiger partial charge in [-0.3, -0.25) is 4.79 Å². The van der Waals surface area contributed by atoms with E-state index in [1.165, 1.54) is 22.7 Å². The number of thiophene rings is 2. The molecule has 2 fully saturated rings. The molecule has 2 aliphatic heterocycles. The number of rotatable bonds is 4. The van der Waals surface area contributed by atoms with E-state index in [1.807, 2.05) is 0 Å². The summed E-state index contributed by atoms with van der Waals surface area (Å²) in [7, 11) is 0. The summed E-state index contributed by atoms with van der Waals surface area (Å²) in [5, 5.41) is 1.12. The number of ether oxygens (including phenoxy) is 6. The van der Waals surface area contributed by atoms with E-state index >= 15 is 0 Å². The van der Waals surface area contributed by atoms with Crippen molar-refractivity contribution in [1.29, 1.82) is 0 Å². The zero-order chi connectivity index (χ0) is 29.5. The predicted molar refractivity (Wildman–Crippen MR) is 154 cm³/mol. The lowest BCUT2D eigenvalue weighted by molar-refractivity contribution is -0.163. The number of hydrogen-bond donors (Lipinski definition) is 2. The topological polar surface area (TPSA) is 161 Å². The number of nitrogens with zero attached hydrogens (tertiary/aromatic N) is 1. The molecular formula is C28H33N3O9S2. The molecule has 42 heavy (non-hydrogen) atoms. The molecule has 4 aliphatic rings. The summed E-state index contributed by atoms with van der Waals surface area (Å²) in [6, 6.07) is 0. The van der Waals surface area contributed by atoms with E-state index in [2.05, 4.69) is 9.97 Å². The van der Waals surface area contributed by atoms with Gasteiger partial charge in [0.2, 0.25) is 5.82 Å². The van der Waals surface area contributed by atoms with Crippen LogP contribution in [0.4, 0.5) is 5.00 Å². The molecule has 3 N–H and O–H groups in total. The molecular weight excluding hydrogens is 586 g/mol. The van der Waals surface area contributed by atoms with Crippen molar-refractivity contribution < 1.29 is 38.0 Å². The lowest BCUT2D eigenvalue weighted by Gasteiger charge is -2.31. The number of esters is 2. The Morgan fingerprint density at radius 2 is 1.43 bits per heavy atom. The fourth-order valence-electron chi connectivity index (χ4n) is 5.97. The number of anilines is 1. The molecule has 0 bridgehead atoms. The molecule has 0 saturated carbocycles. The first-order valence-electron chi connectivity index (χ1n) is 14.1. The maximum Gasteiger partial charge on any atom is 0.374 e. The second-order valence-electron chi connectivity index (χ2n) is 10.4. The zero-order valence-electron chi connectivity index (χ0n) is 23.5. The number of carbonyl (C=O) groups is 2. The predicted octanol–water partition coefficient (Wildman–Crippen LogP) is 3.13. The molecule has 0 unspecified atom stereocenters. The third-order valence-electron chi connectivity index (χ3n) is 7.81. The Hall–Kier alpha value is -2.88. The van der Waals surface area contributed by atoms with E-state index in [1.54, 1.807) is 13.8 Å². The number of carbonyl (C=O) groups excluding carboxylic acids is 2. The first kappa shape index (κ1) is 29.2. The second kappa shape index (κ2) is 11.7. The van der Waals surface area contributed by atoms with E-state index < -0.39 is 17.5 Å². The van der Waals surface area contributed by atoms with Gasteiger partial charge in [-0.25, -0.2) is 14.6 Å². The number of aromatic nitrogens is 2. The van der Waals surface area contributed by atoms with E-state index in [4.69, 9.17) is 34.2 Å². The number of H-pyrrole nitrogens is 1. The fraction of sp³-hybridized carbons (Fsp3) is 0.571. The van der Waals surface area contributed by atoms with Crippen molar-refractivity contribution >= 4 is 49.8 Å². The molecule has 2 spiro atoms. The monoisotopic (exact) mass is 619 g/mol. The van der Waals surface area contributed by atoms with Crippen molar-refractivity contribution in [3.8, 4) is 0 Å². The molecule has 0 aromatic carbocycles. The minimum absolute atomic E-state index is 0.0500. The molecule has 226 valence electrons. The summed E-state index contributed by atoms with van der Waals surface area (Å²) in [4.78, 5) is 45.7. The minimum atomic E-state index is -0.614. The number of hydrogen-bond acceptors (Lipinski definition) is 13. The maximum atomic E-state index is 12.4. The van der Waals surface area contributed by atoms with Gasteiger partial charge >= 0.3 is 11.9 Å². The lowest BCUT2D eigenvalue weighted by atomic mass is 9.91. The average Bonchev–Trinajstić information content (AvgIpc) is 3.75. The van der Waals surface area contributed by atoms with E-state index in [0.717, 1.165) is 40.1 Å². The number of aryl methyl sites for hydroxylation is 1. The number of fused-ring (bicyclic) bond motifs is 4. The van der Waals surface area contributed by atoms with E-state index in [9.17, 15) is 14.4 Å². The van der Waals surface area contributed by atoms with Crippen molar-refractivity contribution in [1.82, 2.24) is 9.97 Å². The summed E-state index contributed by atoms with van der Waals surface area (Å²) in [6.07, 6.45) is 4.25. The normalized spacial score (nSPS) is 19.8. The first-order valence-corrected chi connectivity index (χ1v) is 15.7. The molecule has 14 heteroatoms. The van der Waals surface area contributed by atoms with Gasteiger partial charge in [0, 0.05) is 35.4 Å². The van der Waals surface area contributed by atoms with Crippen molar-refractivity contribution in [3.63, 3.8) is 0 Å². The minimum Gasteiger partial charge on any atom is -0.462 e. The Balaban J connectivity index is 0.000000153. The summed E-state index contributed by atoms with van der Waals surface area (Å²) in [6.45, 7) is 6.58. The van der Waals surface area contributed by atoms with Gasteiger partial charge in [0.1, 0.15) is 9.83 Å². The molecule has 3 aromatic heterocycles. The standard InChI is InChI=1S/C15H16N2O5S.C13H17NO4S/c1-2-20-14(19)11-16-12(18)10-8-3-4-15(21-5-6-22-15)7-9(8)23-13(10)17-11;1-2-16-12(15)10-8-3-4-13(17-5-6-18-13)7-9(8)19-11(10)14/h2-7H2,1H3,(H,16,17,18);2-7,14H2,1H3. The third kappa shape index (κ3) is 5.35. The van der Waals surface area contributed by atoms with Crippen molar-refractivity contribution in [2.24, 2.45) is 0 Å². The number of aromatic amines is 1. The highest BCUT2D eigenvalue weighted by molar-refractivity contribution is 7.18. The average molecular weight is 620 g/mol. The number of nitrogens with one attached hydrogen (secondary N) is 1. The molecule has 0 amide bonds.